The standard InChI is InChI=1S/C31H38N4O4S/c1-20-14-25(36)15-21(2)26(20)17-28(32)31(37)33-29-11-13-35(40(3,38)39)30-9-8-22(16-27(29)30)18-34-12-10-23-6-4-5-7-24(23)19-34/h4-9,14-16,28-29,36H,10-13,17-19,32H2,1-3H3,(H,33,37)/t28-,29+/m0/s1. The Balaban J connectivity index is 1.36. The van der Waals surface area contributed by atoms with Gasteiger partial charge in [-0.3, -0.25) is 14.0 Å². The van der Waals surface area contributed by atoms with Crippen molar-refractivity contribution in [2.45, 2.75) is 58.3 Å². The Hall–Kier alpha value is -3.40. The van der Waals surface area contributed by atoms with Crippen LogP contribution in [0.25, 0.3) is 0 Å². The highest BCUT2D eigenvalue weighted by Gasteiger charge is 2.32. The number of aryl methyl sites for hydroxylation is 2. The van der Waals surface area contributed by atoms with Crippen molar-refractivity contribution in [2.75, 3.05) is 23.7 Å². The number of carbonyl (C=O) groups is 1. The van der Waals surface area contributed by atoms with Crippen molar-refractivity contribution >= 4 is 21.6 Å². The molecule has 0 saturated heterocycles. The normalized spacial score (nSPS) is 18.1. The van der Waals surface area contributed by atoms with Gasteiger partial charge in [-0.15, -0.1) is 0 Å². The number of sulfonamides is 1. The number of hydrogen-bond donors (Lipinski definition) is 3. The predicted octanol–water partition coefficient (Wildman–Crippen LogP) is 3.46. The number of phenols is 1. The van der Waals surface area contributed by atoms with E-state index in [1.165, 1.54) is 21.7 Å². The van der Waals surface area contributed by atoms with Crippen LogP contribution in [0.4, 0.5) is 5.69 Å². The molecule has 5 rings (SSSR count). The lowest BCUT2D eigenvalue weighted by molar-refractivity contribution is -0.123. The van der Waals surface area contributed by atoms with Crippen molar-refractivity contribution in [1.29, 1.82) is 0 Å². The smallest absolute Gasteiger partial charge is 0.237 e. The number of phenolic OH excluding ortho intramolecular Hbond substituents is 1. The van der Waals surface area contributed by atoms with E-state index in [0.29, 0.717) is 18.5 Å². The van der Waals surface area contributed by atoms with Gasteiger partial charge >= 0.3 is 0 Å². The number of nitrogens with zero attached hydrogens (tertiary/aromatic N) is 2. The van der Waals surface area contributed by atoms with E-state index in [9.17, 15) is 18.3 Å². The Kier molecular flexibility index (Phi) is 7.90. The first-order valence-corrected chi connectivity index (χ1v) is 15.6. The van der Waals surface area contributed by atoms with E-state index in [1.807, 2.05) is 32.0 Å². The highest BCUT2D eigenvalue weighted by Crippen LogP contribution is 2.36. The number of anilines is 1. The number of fused-ring (bicyclic) bond motifs is 2. The van der Waals surface area contributed by atoms with Gasteiger partial charge in [0, 0.05) is 26.2 Å². The Labute approximate surface area is 236 Å². The molecule has 1 amide bonds. The zero-order chi connectivity index (χ0) is 28.6. The molecule has 8 nitrogen and oxygen atoms in total. The largest absolute Gasteiger partial charge is 0.508 e. The highest BCUT2D eigenvalue weighted by molar-refractivity contribution is 7.92. The number of aromatic hydroxyl groups is 1. The fourth-order valence-corrected chi connectivity index (χ4v) is 7.02. The van der Waals surface area contributed by atoms with Gasteiger partial charge in [-0.2, -0.15) is 0 Å². The molecule has 2 aliphatic rings. The van der Waals surface area contributed by atoms with Crippen LogP contribution in [0.15, 0.2) is 54.6 Å². The third-order valence-electron chi connectivity index (χ3n) is 8.13. The van der Waals surface area contributed by atoms with Crippen LogP contribution in [-0.2, 0) is 40.7 Å². The molecule has 0 fully saturated rings. The maximum Gasteiger partial charge on any atom is 0.237 e. The van der Waals surface area contributed by atoms with Crippen molar-refractivity contribution in [1.82, 2.24) is 10.2 Å². The highest BCUT2D eigenvalue weighted by atomic mass is 32.2. The van der Waals surface area contributed by atoms with Crippen LogP contribution in [0.1, 0.15) is 51.4 Å². The molecule has 9 heteroatoms. The minimum absolute atomic E-state index is 0.190. The molecule has 0 aromatic heterocycles. The number of hydrogen-bond acceptors (Lipinski definition) is 6. The average Bonchev–Trinajstić information content (AvgIpc) is 2.90. The summed E-state index contributed by atoms with van der Waals surface area (Å²) in [6.45, 7) is 6.63. The van der Waals surface area contributed by atoms with Crippen LogP contribution in [0.2, 0.25) is 0 Å². The van der Waals surface area contributed by atoms with Crippen molar-refractivity contribution in [3.8, 4) is 5.75 Å². The van der Waals surface area contributed by atoms with Crippen LogP contribution < -0.4 is 15.4 Å². The second-order valence-corrected chi connectivity index (χ2v) is 13.1. The molecule has 2 atom stereocenters. The summed E-state index contributed by atoms with van der Waals surface area (Å²) in [4.78, 5) is 15.7. The van der Waals surface area contributed by atoms with Gasteiger partial charge in [-0.05, 0) is 90.3 Å². The SMILES string of the molecule is Cc1cc(O)cc(C)c1C[C@H](N)C(=O)N[C@@H]1CCN(S(C)(=O)=O)c2ccc(CN3CCc4ccccc4C3)cc21. The van der Waals surface area contributed by atoms with Gasteiger partial charge in [0.15, 0.2) is 0 Å². The van der Waals surface area contributed by atoms with Crippen molar-refractivity contribution in [2.24, 2.45) is 5.73 Å². The fraction of sp³-hybridized carbons (Fsp3) is 0.387. The van der Waals surface area contributed by atoms with Crippen LogP contribution in [0.3, 0.4) is 0 Å². The molecule has 0 bridgehead atoms. The number of rotatable bonds is 7. The number of carbonyl (C=O) groups excluding carboxylic acids is 1. The zero-order valence-corrected chi connectivity index (χ0v) is 24.2. The molecule has 212 valence electrons. The molecule has 0 aliphatic carbocycles. The summed E-state index contributed by atoms with van der Waals surface area (Å²) in [5, 5.41) is 13.0. The number of amides is 1. The van der Waals surface area contributed by atoms with Gasteiger partial charge in [-0.25, -0.2) is 8.42 Å². The summed E-state index contributed by atoms with van der Waals surface area (Å²) >= 11 is 0. The average molecular weight is 563 g/mol. The summed E-state index contributed by atoms with van der Waals surface area (Å²) in [6.07, 6.45) is 3.01. The lowest BCUT2D eigenvalue weighted by Crippen LogP contribution is -2.46. The molecule has 3 aromatic rings. The maximum atomic E-state index is 13.3. The third-order valence-corrected chi connectivity index (χ3v) is 9.31. The molecule has 2 aliphatic heterocycles. The van der Waals surface area contributed by atoms with Gasteiger partial charge < -0.3 is 16.2 Å². The van der Waals surface area contributed by atoms with Crippen LogP contribution in [-0.4, -0.2) is 49.7 Å². The van der Waals surface area contributed by atoms with Crippen molar-refractivity contribution < 1.29 is 18.3 Å². The van der Waals surface area contributed by atoms with E-state index in [1.54, 1.807) is 12.1 Å². The zero-order valence-electron chi connectivity index (χ0n) is 23.4. The number of nitrogens with two attached hydrogens (primary N) is 1. The fourth-order valence-electron chi connectivity index (χ4n) is 6.06. The first-order valence-electron chi connectivity index (χ1n) is 13.7. The molecule has 40 heavy (non-hydrogen) atoms. The second kappa shape index (κ2) is 11.2. The summed E-state index contributed by atoms with van der Waals surface area (Å²) < 4.78 is 26.6. The lowest BCUT2D eigenvalue weighted by Gasteiger charge is -2.36. The molecular weight excluding hydrogens is 524 g/mol. The molecule has 0 saturated carbocycles. The Morgan fingerprint density at radius 3 is 2.48 bits per heavy atom. The van der Waals surface area contributed by atoms with Crippen LogP contribution >= 0.6 is 0 Å². The molecule has 0 spiro atoms. The van der Waals surface area contributed by atoms with Crippen molar-refractivity contribution in [3.63, 3.8) is 0 Å². The lowest BCUT2D eigenvalue weighted by atomic mass is 9.93. The Morgan fingerprint density at radius 1 is 1.07 bits per heavy atom. The second-order valence-electron chi connectivity index (χ2n) is 11.2. The first-order chi connectivity index (χ1) is 19.0. The number of benzene rings is 3. The van der Waals surface area contributed by atoms with E-state index in [4.69, 9.17) is 5.73 Å². The summed E-state index contributed by atoms with van der Waals surface area (Å²) in [5.41, 5.74) is 14.3. The molecular formula is C31H38N4O4S. The summed E-state index contributed by atoms with van der Waals surface area (Å²) in [5.74, 6) is -0.0933. The molecule has 4 N–H and O–H groups in total. The number of nitrogens with one attached hydrogen (secondary N) is 1. The topological polar surface area (TPSA) is 116 Å². The Morgan fingerprint density at radius 2 is 1.77 bits per heavy atom. The maximum absolute atomic E-state index is 13.3. The predicted molar refractivity (Wildman–Crippen MR) is 158 cm³/mol. The third kappa shape index (κ3) is 6.01. The summed E-state index contributed by atoms with van der Waals surface area (Å²) in [6, 6.07) is 16.6. The van der Waals surface area contributed by atoms with E-state index >= 15 is 0 Å². The first kappa shape index (κ1) is 28.1. The van der Waals surface area contributed by atoms with Gasteiger partial charge in [0.2, 0.25) is 15.9 Å². The molecule has 2 heterocycles. The van der Waals surface area contributed by atoms with Crippen LogP contribution in [0, 0.1) is 13.8 Å². The molecule has 0 radical (unpaired) electrons. The van der Waals surface area contributed by atoms with E-state index < -0.39 is 16.1 Å². The quantitative estimate of drug-likeness (QED) is 0.406. The monoisotopic (exact) mass is 562 g/mol. The van der Waals surface area contributed by atoms with Crippen molar-refractivity contribution in [3.05, 3.63) is 93.5 Å². The minimum atomic E-state index is -3.47. The summed E-state index contributed by atoms with van der Waals surface area (Å²) in [7, 11) is -3.47. The van der Waals surface area contributed by atoms with Gasteiger partial charge in [0.05, 0.1) is 24.0 Å². The molecule has 3 aromatic carbocycles. The van der Waals surface area contributed by atoms with Crippen LogP contribution in [0.5, 0.6) is 5.75 Å². The van der Waals surface area contributed by atoms with Gasteiger partial charge in [-0.1, -0.05) is 36.4 Å². The minimum Gasteiger partial charge on any atom is -0.508 e. The van der Waals surface area contributed by atoms with E-state index in [0.717, 1.165) is 53.9 Å². The Bertz CT molecular complexity index is 1520. The van der Waals surface area contributed by atoms with E-state index in [-0.39, 0.29) is 24.2 Å². The van der Waals surface area contributed by atoms with E-state index in [2.05, 4.69) is 34.5 Å². The van der Waals surface area contributed by atoms with Gasteiger partial charge in [0.1, 0.15) is 5.75 Å². The molecule has 0 unspecified atom stereocenters. The van der Waals surface area contributed by atoms with Gasteiger partial charge in [0.25, 0.3) is 0 Å².